The van der Waals surface area contributed by atoms with Gasteiger partial charge in [0.05, 0.1) is 22.5 Å². The Morgan fingerprint density at radius 3 is 1.07 bits per heavy atom. The van der Waals surface area contributed by atoms with Gasteiger partial charge in [0.2, 0.25) is 11.4 Å². The molecule has 0 saturated carbocycles. The van der Waals surface area contributed by atoms with Crippen molar-refractivity contribution in [1.29, 1.82) is 0 Å². The molecule has 18 heteroatoms. The highest BCUT2D eigenvalue weighted by molar-refractivity contribution is 7.86. The van der Waals surface area contributed by atoms with Crippen LogP contribution in [0.1, 0.15) is 45.7 Å². The van der Waals surface area contributed by atoms with E-state index in [-0.39, 0.29) is 12.3 Å². The maximum Gasteiger partial charge on any atom is 0.485 e. The molecular formula is C38H32F6N4O6S2. The van der Waals surface area contributed by atoms with Gasteiger partial charge in [0.15, 0.2) is 32.7 Å². The van der Waals surface area contributed by atoms with E-state index in [2.05, 4.69) is 167 Å². The minimum Gasteiger partial charge on any atom is -0.741 e. The molecule has 2 aliphatic heterocycles. The first-order valence-corrected chi connectivity index (χ1v) is 19.2. The Bertz CT molecular complexity index is 2300. The molecule has 0 spiro atoms. The average Bonchev–Trinajstić information content (AvgIpc) is 3.13. The number of aryl methyl sites for hydroxylation is 2. The molecule has 7 rings (SSSR count). The molecule has 0 aliphatic carbocycles. The molecule has 0 saturated heterocycles. The Balaban J connectivity index is 0.000000317. The van der Waals surface area contributed by atoms with E-state index in [9.17, 15) is 26.3 Å². The number of para-hydroxylation sites is 2. The van der Waals surface area contributed by atoms with Gasteiger partial charge in [-0.15, -0.1) is 0 Å². The van der Waals surface area contributed by atoms with Crippen molar-refractivity contribution in [3.8, 4) is 0 Å². The molecule has 2 heterocycles. The maximum absolute atomic E-state index is 10.7. The molecular weight excluding hydrogens is 787 g/mol. The second-order valence-corrected chi connectivity index (χ2v) is 15.2. The Kier molecular flexibility index (Phi) is 12.1. The van der Waals surface area contributed by atoms with E-state index in [0.29, 0.717) is 0 Å². The van der Waals surface area contributed by atoms with Gasteiger partial charge < -0.3 is 19.7 Å². The lowest BCUT2D eigenvalue weighted by molar-refractivity contribution is -0.480. The number of hydrogen-bond donors (Lipinski definition) is 2. The van der Waals surface area contributed by atoms with Crippen molar-refractivity contribution in [2.24, 2.45) is 0 Å². The van der Waals surface area contributed by atoms with Crippen LogP contribution in [0.5, 0.6) is 0 Å². The first-order chi connectivity index (χ1) is 26.1. The highest BCUT2D eigenvalue weighted by atomic mass is 32.2. The average molecular weight is 819 g/mol. The van der Waals surface area contributed by atoms with Gasteiger partial charge >= 0.3 is 11.0 Å². The number of nitrogens with one attached hydrogen (secondary N) is 2. The number of alkyl halides is 6. The summed E-state index contributed by atoms with van der Waals surface area (Å²) >= 11 is 0. The van der Waals surface area contributed by atoms with Crippen molar-refractivity contribution < 1.29 is 61.4 Å². The van der Waals surface area contributed by atoms with E-state index in [1.165, 1.54) is 33.4 Å². The van der Waals surface area contributed by atoms with Crippen molar-refractivity contribution in [3.63, 3.8) is 0 Å². The smallest absolute Gasteiger partial charge is 0.485 e. The van der Waals surface area contributed by atoms with Gasteiger partial charge in [0, 0.05) is 35.4 Å². The molecule has 0 amide bonds. The number of rotatable bonds is 4. The van der Waals surface area contributed by atoms with Crippen molar-refractivity contribution in [2.75, 3.05) is 10.6 Å². The van der Waals surface area contributed by atoms with Gasteiger partial charge in [-0.25, -0.2) is 16.8 Å². The van der Waals surface area contributed by atoms with E-state index in [4.69, 9.17) is 25.9 Å². The number of nitrogens with zero attached hydrogens (tertiary/aromatic N) is 2. The molecule has 2 N–H and O–H groups in total. The van der Waals surface area contributed by atoms with E-state index in [1.54, 1.807) is 0 Å². The molecule has 5 aromatic carbocycles. The summed E-state index contributed by atoms with van der Waals surface area (Å²) < 4.78 is 122. The highest BCUT2D eigenvalue weighted by Gasteiger charge is 2.38. The summed E-state index contributed by atoms with van der Waals surface area (Å²) in [6.07, 6.45) is 4.46. The molecule has 0 aromatic heterocycles. The zero-order chi connectivity index (χ0) is 41.1. The molecule has 2 unspecified atom stereocenters. The Hall–Kier alpha value is -5.56. The van der Waals surface area contributed by atoms with Crippen molar-refractivity contribution in [1.82, 2.24) is 0 Å². The van der Waals surface area contributed by atoms with Crippen LogP contribution in [-0.2, 0) is 20.2 Å². The predicted molar refractivity (Wildman–Crippen MR) is 196 cm³/mol. The molecule has 5 aromatic rings. The standard InChI is InChI=1S/C36H30N4.2CHF3O3S/c1-25-11-19-31(20-12-25)39-23-29-7-3-5-9-33(29)37-35(39)27-15-17-28(18-16-27)36-38-34-10-6-4-8-30(34)24-40(36)32-21-13-26(2)14-22-32;2*2-1(3,4)8(5,6)7/h3-24,35-36H,1-2H3;2*(H,5,6,7). The van der Waals surface area contributed by atoms with E-state index in [0.717, 1.165) is 22.7 Å². The zero-order valence-corrected chi connectivity index (χ0v) is 30.9. The van der Waals surface area contributed by atoms with Gasteiger partial charge in [0.1, 0.15) is 0 Å². The minimum atomic E-state index is -6.09. The summed E-state index contributed by atoms with van der Waals surface area (Å²) in [6, 6.07) is 43.5. The first-order valence-electron chi connectivity index (χ1n) is 16.4. The number of hydrogen-bond acceptors (Lipinski definition) is 8. The number of halogens is 6. The SMILES string of the molecule is Cc1ccc([N+]2=Cc3ccccc3NC2c2ccc(C3Nc4ccccc4C=[N+]3c3ccc(C)cc3)cc2)cc1.O=S(=O)([O-])C(F)(F)F.O=S(=O)([O-])C(F)(F)F. The van der Waals surface area contributed by atoms with Crippen molar-refractivity contribution in [2.45, 2.75) is 37.2 Å². The molecule has 2 aliphatic rings. The highest BCUT2D eigenvalue weighted by Crippen LogP contribution is 2.35. The monoisotopic (exact) mass is 818 g/mol. The molecule has 0 radical (unpaired) electrons. The lowest BCUT2D eigenvalue weighted by atomic mass is 10.0. The van der Waals surface area contributed by atoms with Crippen LogP contribution in [-0.4, -0.2) is 58.5 Å². The zero-order valence-electron chi connectivity index (χ0n) is 29.3. The second-order valence-electron chi connectivity index (χ2n) is 12.5. The summed E-state index contributed by atoms with van der Waals surface area (Å²) in [5.41, 5.74) is 0.610. The van der Waals surface area contributed by atoms with Gasteiger partial charge in [-0.2, -0.15) is 35.5 Å². The summed E-state index contributed by atoms with van der Waals surface area (Å²) in [7, 11) is -12.2. The van der Waals surface area contributed by atoms with Crippen molar-refractivity contribution >= 4 is 55.4 Å². The topological polar surface area (TPSA) is 144 Å². The van der Waals surface area contributed by atoms with Crippen LogP contribution < -0.4 is 10.6 Å². The number of fused-ring (bicyclic) bond motifs is 2. The number of benzene rings is 5. The van der Waals surface area contributed by atoms with Crippen molar-refractivity contribution in [3.05, 3.63) is 155 Å². The molecule has 0 bridgehead atoms. The summed E-state index contributed by atoms with van der Waals surface area (Å²) in [5.74, 6) is 0. The van der Waals surface area contributed by atoms with Gasteiger partial charge in [-0.1, -0.05) is 59.7 Å². The van der Waals surface area contributed by atoms with Gasteiger partial charge in [0.25, 0.3) is 12.3 Å². The first kappa shape index (κ1) is 41.6. The van der Waals surface area contributed by atoms with Crippen LogP contribution in [0.2, 0.25) is 0 Å². The Morgan fingerprint density at radius 1 is 0.500 bits per heavy atom. The predicted octanol–water partition coefficient (Wildman–Crippen LogP) is 8.18. The quantitative estimate of drug-likeness (QED) is 0.0800. The van der Waals surface area contributed by atoms with E-state index >= 15 is 0 Å². The third-order valence-corrected chi connectivity index (χ3v) is 9.55. The number of anilines is 2. The Morgan fingerprint density at radius 2 is 0.786 bits per heavy atom. The Labute approximate surface area is 318 Å². The summed E-state index contributed by atoms with van der Waals surface area (Å²) in [4.78, 5) is 0. The molecule has 2 atom stereocenters. The van der Waals surface area contributed by atoms with E-state index < -0.39 is 31.3 Å². The molecule has 294 valence electrons. The lowest BCUT2D eigenvalue weighted by Crippen LogP contribution is -2.29. The van der Waals surface area contributed by atoms with Crippen LogP contribution in [0.4, 0.5) is 49.1 Å². The molecule has 0 fully saturated rings. The van der Waals surface area contributed by atoms with Crippen LogP contribution in [0, 0.1) is 13.8 Å². The molecule has 10 nitrogen and oxygen atoms in total. The fraction of sp³-hybridized carbons (Fsp3) is 0.158. The van der Waals surface area contributed by atoms with Gasteiger partial charge in [-0.05, 0) is 62.4 Å². The summed E-state index contributed by atoms with van der Waals surface area (Å²) in [5, 5.41) is 7.58. The second kappa shape index (κ2) is 16.3. The fourth-order valence-corrected chi connectivity index (χ4v) is 5.59. The van der Waals surface area contributed by atoms with Crippen LogP contribution in [0.25, 0.3) is 0 Å². The summed E-state index contributed by atoms with van der Waals surface area (Å²) in [6.45, 7) is 4.25. The third-order valence-electron chi connectivity index (χ3n) is 8.42. The normalized spacial score (nSPS) is 16.5. The van der Waals surface area contributed by atoms with Crippen LogP contribution in [0.3, 0.4) is 0 Å². The van der Waals surface area contributed by atoms with Gasteiger partial charge in [-0.3, -0.25) is 0 Å². The lowest BCUT2D eigenvalue weighted by Gasteiger charge is -2.25. The fourth-order valence-electron chi connectivity index (χ4n) is 5.59. The largest absolute Gasteiger partial charge is 0.741 e. The molecule has 56 heavy (non-hydrogen) atoms. The van der Waals surface area contributed by atoms with Crippen LogP contribution in [0.15, 0.2) is 121 Å². The minimum absolute atomic E-state index is 0.0218. The van der Waals surface area contributed by atoms with E-state index in [1.807, 2.05) is 0 Å². The third kappa shape index (κ3) is 9.99. The maximum atomic E-state index is 10.7. The van der Waals surface area contributed by atoms with Crippen LogP contribution >= 0.6 is 0 Å².